The maximum absolute atomic E-state index is 12.2. The van der Waals surface area contributed by atoms with Crippen LogP contribution in [0.15, 0.2) is 6.20 Å². The summed E-state index contributed by atoms with van der Waals surface area (Å²) in [5.41, 5.74) is 0.00534. The van der Waals surface area contributed by atoms with E-state index in [1.54, 1.807) is 0 Å². The van der Waals surface area contributed by atoms with E-state index in [1.807, 2.05) is 20.1 Å². The minimum Gasteiger partial charge on any atom is -0.480 e. The van der Waals surface area contributed by atoms with Crippen LogP contribution in [0.4, 0.5) is 0 Å². The van der Waals surface area contributed by atoms with Gasteiger partial charge in [0.15, 0.2) is 0 Å². The summed E-state index contributed by atoms with van der Waals surface area (Å²) in [6, 6.07) is -0.960. The van der Waals surface area contributed by atoms with Crippen molar-refractivity contribution in [2.24, 2.45) is 0 Å². The van der Waals surface area contributed by atoms with Crippen molar-refractivity contribution in [1.82, 2.24) is 15.3 Å². The smallest absolute Gasteiger partial charge is 0.326 e. The number of aromatic nitrogens is 2. The van der Waals surface area contributed by atoms with E-state index < -0.39 is 17.9 Å². The lowest BCUT2D eigenvalue weighted by molar-refractivity contribution is -0.139. The number of hydrogen-bond acceptors (Lipinski definition) is 5. The molecule has 0 spiro atoms. The van der Waals surface area contributed by atoms with Crippen molar-refractivity contribution in [2.75, 3.05) is 12.0 Å². The van der Waals surface area contributed by atoms with Crippen LogP contribution in [0.25, 0.3) is 0 Å². The standard InChI is InChI=1S/C13H18ClN3O3S/c1-7(2)11-15-6-8(14)10(17-11)12(18)16-9(13(19)20)4-5-21-3/h6-7,9H,4-5H2,1-3H3,(H,16,18)(H,19,20)/t9-/m1/s1. The van der Waals surface area contributed by atoms with Gasteiger partial charge in [-0.15, -0.1) is 0 Å². The van der Waals surface area contributed by atoms with E-state index in [2.05, 4.69) is 15.3 Å². The third kappa shape index (κ3) is 5.17. The fourth-order valence-corrected chi connectivity index (χ4v) is 2.19. The number of nitrogens with zero attached hydrogens (tertiary/aromatic N) is 2. The Bertz CT molecular complexity index is 525. The van der Waals surface area contributed by atoms with Crippen LogP contribution < -0.4 is 5.32 Å². The molecule has 8 heteroatoms. The van der Waals surface area contributed by atoms with Gasteiger partial charge in [-0.1, -0.05) is 25.4 Å². The Balaban J connectivity index is 2.91. The van der Waals surface area contributed by atoms with Crippen LogP contribution in [0.3, 0.4) is 0 Å². The number of carbonyl (C=O) groups is 2. The summed E-state index contributed by atoms with van der Waals surface area (Å²) in [5, 5.41) is 11.7. The average molecular weight is 332 g/mol. The first-order valence-corrected chi connectivity index (χ1v) is 8.19. The van der Waals surface area contributed by atoms with E-state index in [4.69, 9.17) is 16.7 Å². The van der Waals surface area contributed by atoms with Crippen molar-refractivity contribution in [3.63, 3.8) is 0 Å². The predicted octanol–water partition coefficient (Wildman–Crippen LogP) is 2.19. The molecule has 1 aromatic rings. The molecule has 1 amide bonds. The number of carboxylic acids is 1. The zero-order valence-electron chi connectivity index (χ0n) is 12.1. The monoisotopic (exact) mass is 331 g/mol. The molecule has 0 bridgehead atoms. The fourth-order valence-electron chi connectivity index (χ4n) is 1.54. The lowest BCUT2D eigenvalue weighted by Gasteiger charge is -2.14. The number of thioether (sulfide) groups is 1. The van der Waals surface area contributed by atoms with Crippen molar-refractivity contribution in [2.45, 2.75) is 32.2 Å². The van der Waals surface area contributed by atoms with Crippen molar-refractivity contribution in [3.05, 3.63) is 22.7 Å². The van der Waals surface area contributed by atoms with Gasteiger partial charge < -0.3 is 10.4 Å². The van der Waals surface area contributed by atoms with E-state index in [9.17, 15) is 9.59 Å². The number of halogens is 1. The second kappa shape index (κ2) is 8.19. The highest BCUT2D eigenvalue weighted by Gasteiger charge is 2.23. The van der Waals surface area contributed by atoms with E-state index in [1.165, 1.54) is 18.0 Å². The third-order valence-corrected chi connectivity index (χ3v) is 3.63. The molecule has 0 radical (unpaired) electrons. The summed E-state index contributed by atoms with van der Waals surface area (Å²) in [7, 11) is 0. The van der Waals surface area contributed by atoms with E-state index >= 15 is 0 Å². The number of aliphatic carboxylic acids is 1. The van der Waals surface area contributed by atoms with Gasteiger partial charge in [-0.25, -0.2) is 14.8 Å². The SMILES string of the molecule is CSCC[C@@H](NC(=O)c1nc(C(C)C)ncc1Cl)C(=O)O. The molecule has 116 valence electrons. The van der Waals surface area contributed by atoms with E-state index in [0.717, 1.165) is 0 Å². The summed E-state index contributed by atoms with van der Waals surface area (Å²) in [6.07, 6.45) is 3.56. The molecule has 1 rings (SSSR count). The highest BCUT2D eigenvalue weighted by Crippen LogP contribution is 2.16. The number of rotatable bonds is 7. The van der Waals surface area contributed by atoms with Crippen molar-refractivity contribution in [1.29, 1.82) is 0 Å². The average Bonchev–Trinajstić information content (AvgIpc) is 2.42. The van der Waals surface area contributed by atoms with E-state index in [-0.39, 0.29) is 16.6 Å². The quantitative estimate of drug-likeness (QED) is 0.795. The minimum atomic E-state index is -1.08. The normalized spacial score (nSPS) is 12.2. The van der Waals surface area contributed by atoms with Gasteiger partial charge in [0, 0.05) is 5.92 Å². The highest BCUT2D eigenvalue weighted by molar-refractivity contribution is 7.98. The van der Waals surface area contributed by atoms with Gasteiger partial charge in [-0.3, -0.25) is 4.79 Å². The largest absolute Gasteiger partial charge is 0.480 e. The Morgan fingerprint density at radius 2 is 2.14 bits per heavy atom. The molecule has 1 aromatic heterocycles. The molecule has 0 aromatic carbocycles. The third-order valence-electron chi connectivity index (χ3n) is 2.71. The Morgan fingerprint density at radius 1 is 1.48 bits per heavy atom. The Labute approximate surface area is 132 Å². The Kier molecular flexibility index (Phi) is 6.91. The van der Waals surface area contributed by atoms with Crippen LogP contribution in [0.5, 0.6) is 0 Å². The zero-order chi connectivity index (χ0) is 16.0. The topological polar surface area (TPSA) is 92.2 Å². The molecule has 6 nitrogen and oxygen atoms in total. The van der Waals surface area contributed by atoms with Crippen LogP contribution >= 0.6 is 23.4 Å². The maximum Gasteiger partial charge on any atom is 0.326 e. The first-order valence-electron chi connectivity index (χ1n) is 6.41. The van der Waals surface area contributed by atoms with Crippen molar-refractivity contribution >= 4 is 35.2 Å². The molecular formula is C13H18ClN3O3S. The highest BCUT2D eigenvalue weighted by atomic mass is 35.5. The van der Waals surface area contributed by atoms with Crippen LogP contribution in [0, 0.1) is 0 Å². The summed E-state index contributed by atoms with van der Waals surface area (Å²) >= 11 is 7.44. The summed E-state index contributed by atoms with van der Waals surface area (Å²) in [4.78, 5) is 31.5. The van der Waals surface area contributed by atoms with Gasteiger partial charge in [0.2, 0.25) is 0 Å². The molecule has 1 heterocycles. The molecule has 1 atom stereocenters. The number of amides is 1. The molecular weight excluding hydrogens is 314 g/mol. The molecule has 0 saturated carbocycles. The number of nitrogens with one attached hydrogen (secondary N) is 1. The minimum absolute atomic E-state index is 0.00534. The van der Waals surface area contributed by atoms with Gasteiger partial charge in [0.1, 0.15) is 17.6 Å². The second-order valence-corrected chi connectivity index (χ2v) is 6.12. The molecule has 0 unspecified atom stereocenters. The summed E-state index contributed by atoms with van der Waals surface area (Å²) in [5.74, 6) is -0.517. The first-order chi connectivity index (χ1) is 9.86. The lowest BCUT2D eigenvalue weighted by Crippen LogP contribution is -2.41. The summed E-state index contributed by atoms with van der Waals surface area (Å²) < 4.78 is 0. The van der Waals surface area contributed by atoms with Crippen LogP contribution in [-0.4, -0.2) is 45.0 Å². The van der Waals surface area contributed by atoms with Crippen molar-refractivity contribution in [3.8, 4) is 0 Å². The fraction of sp³-hybridized carbons (Fsp3) is 0.538. The number of carbonyl (C=O) groups excluding carboxylic acids is 1. The van der Waals surface area contributed by atoms with E-state index in [0.29, 0.717) is 18.0 Å². The van der Waals surface area contributed by atoms with Crippen LogP contribution in [0.2, 0.25) is 5.02 Å². The molecule has 0 saturated heterocycles. The molecule has 0 fully saturated rings. The van der Waals surface area contributed by atoms with Crippen molar-refractivity contribution < 1.29 is 14.7 Å². The predicted molar refractivity (Wildman–Crippen MR) is 83.0 cm³/mol. The maximum atomic E-state index is 12.2. The van der Waals surface area contributed by atoms with Gasteiger partial charge >= 0.3 is 5.97 Å². The Hall–Kier alpha value is -1.34. The first kappa shape index (κ1) is 17.7. The lowest BCUT2D eigenvalue weighted by atomic mass is 10.2. The zero-order valence-corrected chi connectivity index (χ0v) is 13.7. The van der Waals surface area contributed by atoms with Gasteiger partial charge in [0.25, 0.3) is 5.91 Å². The molecule has 21 heavy (non-hydrogen) atoms. The number of hydrogen-bond donors (Lipinski definition) is 2. The van der Waals surface area contributed by atoms with Gasteiger partial charge in [-0.2, -0.15) is 11.8 Å². The molecule has 0 aliphatic carbocycles. The second-order valence-electron chi connectivity index (χ2n) is 4.73. The van der Waals surface area contributed by atoms with Gasteiger partial charge in [0.05, 0.1) is 11.2 Å². The Morgan fingerprint density at radius 3 is 2.67 bits per heavy atom. The molecule has 0 aliphatic rings. The van der Waals surface area contributed by atoms with Gasteiger partial charge in [-0.05, 0) is 18.4 Å². The van der Waals surface area contributed by atoms with Crippen LogP contribution in [0.1, 0.15) is 42.5 Å². The molecule has 0 aliphatic heterocycles. The summed E-state index contributed by atoms with van der Waals surface area (Å²) in [6.45, 7) is 3.78. The number of carboxylic acid groups (broad SMARTS) is 1. The van der Waals surface area contributed by atoms with Crippen LogP contribution in [-0.2, 0) is 4.79 Å². The molecule has 2 N–H and O–H groups in total.